The molecule has 1 aromatic rings. The van der Waals surface area contributed by atoms with Crippen molar-refractivity contribution in [2.45, 2.75) is 84.5 Å². The van der Waals surface area contributed by atoms with Crippen LogP contribution in [0, 0.1) is 0 Å². The molecule has 2 N–H and O–H groups in total. The summed E-state index contributed by atoms with van der Waals surface area (Å²) >= 11 is -0.0244. The predicted octanol–water partition coefficient (Wildman–Crippen LogP) is 3.82. The standard InChI is InChI=1S/C21H27N3O5.C5H13IO/c1-21(2,3)29-20(28)23-9-8-15-13(11-23)6-7-14-12-24(19(27)17(14)15)16(18(22)26)5-4-10-25;1-3-4-5-6-7-2/h6-7,10,16H,4-5,8-9,11-12H2,1-3H3,(H2,22,26);6H,3-5H2,1-2H3. The molecule has 0 bridgehead atoms. The van der Waals surface area contributed by atoms with E-state index in [1.165, 1.54) is 22.2 Å². The molecule has 0 fully saturated rings. The number of benzene rings is 1. The molecule has 0 saturated heterocycles. The fraction of sp³-hybridized carbons (Fsp3) is 0.615. The van der Waals surface area contributed by atoms with Gasteiger partial charge in [0.05, 0.1) is 0 Å². The molecule has 0 saturated carbocycles. The first kappa shape index (κ1) is 30.0. The number of primary amides is 1. The van der Waals surface area contributed by atoms with Crippen LogP contribution >= 0.6 is 21.6 Å². The van der Waals surface area contributed by atoms with Gasteiger partial charge in [-0.1, -0.05) is 12.1 Å². The van der Waals surface area contributed by atoms with E-state index in [1.54, 1.807) is 12.0 Å². The Hall–Kier alpha value is -2.21. The maximum atomic E-state index is 13.1. The van der Waals surface area contributed by atoms with Crippen LogP contribution in [-0.4, -0.2) is 63.7 Å². The van der Waals surface area contributed by atoms with Gasteiger partial charge in [-0.2, -0.15) is 0 Å². The Balaban J connectivity index is 0.000000572. The van der Waals surface area contributed by atoms with Crippen molar-refractivity contribution in [1.82, 2.24) is 9.80 Å². The van der Waals surface area contributed by atoms with Crippen molar-refractivity contribution >= 4 is 45.8 Å². The molecule has 9 nitrogen and oxygen atoms in total. The Labute approximate surface area is 224 Å². The Morgan fingerprint density at radius 1 is 1.22 bits per heavy atom. The van der Waals surface area contributed by atoms with E-state index < -0.39 is 17.6 Å². The van der Waals surface area contributed by atoms with Crippen LogP contribution in [0.3, 0.4) is 0 Å². The third-order valence-electron chi connectivity index (χ3n) is 5.92. The fourth-order valence-corrected chi connectivity index (χ4v) is 5.84. The molecule has 0 aromatic heterocycles. The second-order valence-corrected chi connectivity index (χ2v) is 12.6. The van der Waals surface area contributed by atoms with E-state index in [-0.39, 0.29) is 46.5 Å². The van der Waals surface area contributed by atoms with Crippen LogP contribution in [0.25, 0.3) is 0 Å². The van der Waals surface area contributed by atoms with Crippen molar-refractivity contribution in [2.24, 2.45) is 5.73 Å². The number of nitrogens with two attached hydrogens (primary N) is 1. The summed E-state index contributed by atoms with van der Waals surface area (Å²) < 4.78 is 11.8. The molecule has 202 valence electrons. The number of hydrogen-bond acceptors (Lipinski definition) is 6. The summed E-state index contributed by atoms with van der Waals surface area (Å²) in [6.45, 7) is 8.80. The molecule has 10 heteroatoms. The van der Waals surface area contributed by atoms with Crippen molar-refractivity contribution in [3.8, 4) is 0 Å². The summed E-state index contributed by atoms with van der Waals surface area (Å²) in [6, 6.07) is 2.98. The van der Waals surface area contributed by atoms with E-state index in [9.17, 15) is 19.2 Å². The second-order valence-electron chi connectivity index (χ2n) is 9.83. The molecule has 3 amide bonds. The van der Waals surface area contributed by atoms with Gasteiger partial charge in [-0.05, 0) is 50.3 Å². The topological polar surface area (TPSA) is 119 Å². The minimum atomic E-state index is -0.808. The fourth-order valence-electron chi connectivity index (χ4n) is 4.20. The normalized spacial score (nSPS) is 15.5. The quantitative estimate of drug-likeness (QED) is 0.195. The number of alkyl halides is 1. The maximum absolute atomic E-state index is 13.1. The first-order chi connectivity index (χ1) is 17.0. The minimum absolute atomic E-state index is 0.0244. The Morgan fingerprint density at radius 2 is 1.92 bits per heavy atom. The molecule has 2 aliphatic heterocycles. The average Bonchev–Trinajstić information content (AvgIpc) is 3.15. The van der Waals surface area contributed by atoms with Crippen molar-refractivity contribution < 1.29 is 27.0 Å². The molecule has 0 radical (unpaired) electrons. The number of halogens is 1. The summed E-state index contributed by atoms with van der Waals surface area (Å²) in [7, 11) is 1.80. The first-order valence-corrected chi connectivity index (χ1v) is 14.9. The van der Waals surface area contributed by atoms with Crippen LogP contribution < -0.4 is 5.73 Å². The SMILES string of the molecule is CC(C)(C)OC(=O)N1CCc2c(ccc3c2C(=O)N(C(CCC=O)C(N)=O)C3)C1.CCCC[IH]OC. The van der Waals surface area contributed by atoms with Gasteiger partial charge in [0.2, 0.25) is 5.91 Å². The number of nitrogens with zero attached hydrogens (tertiary/aromatic N) is 2. The molecule has 1 atom stereocenters. The van der Waals surface area contributed by atoms with Gasteiger partial charge >= 0.3 is 62.1 Å². The van der Waals surface area contributed by atoms with Crippen LogP contribution in [0.4, 0.5) is 4.79 Å². The third kappa shape index (κ3) is 8.16. The van der Waals surface area contributed by atoms with Crippen molar-refractivity contribution in [3.63, 3.8) is 0 Å². The van der Waals surface area contributed by atoms with E-state index in [0.717, 1.165) is 23.0 Å². The number of ether oxygens (including phenoxy) is 1. The molecule has 1 aromatic carbocycles. The predicted molar refractivity (Wildman–Crippen MR) is 147 cm³/mol. The zero-order valence-electron chi connectivity index (χ0n) is 22.0. The average molecular weight is 618 g/mol. The van der Waals surface area contributed by atoms with Crippen LogP contribution in [-0.2, 0) is 36.9 Å². The summed E-state index contributed by atoms with van der Waals surface area (Å²) in [5.41, 5.74) is 8.17. The number of rotatable bonds is 9. The second kappa shape index (κ2) is 13.9. The van der Waals surface area contributed by atoms with Gasteiger partial charge in [-0.15, -0.1) is 0 Å². The summed E-state index contributed by atoms with van der Waals surface area (Å²) in [5.74, 6) is -0.852. The van der Waals surface area contributed by atoms with Crippen LogP contribution in [0.1, 0.15) is 80.4 Å². The number of unbranched alkanes of at least 4 members (excludes halogenated alkanes) is 1. The number of carbonyl (C=O) groups excluding carboxylic acids is 4. The molecule has 0 aliphatic carbocycles. The van der Waals surface area contributed by atoms with Gasteiger partial charge in [0.25, 0.3) is 5.91 Å². The molecular formula is C26H40IN3O6. The zero-order chi connectivity index (χ0) is 26.9. The van der Waals surface area contributed by atoms with Crippen molar-refractivity contribution in [3.05, 3.63) is 34.4 Å². The van der Waals surface area contributed by atoms with Gasteiger partial charge in [0, 0.05) is 31.6 Å². The van der Waals surface area contributed by atoms with Gasteiger partial charge in [0.1, 0.15) is 17.9 Å². The third-order valence-corrected chi connectivity index (χ3v) is 7.89. The van der Waals surface area contributed by atoms with E-state index in [0.29, 0.717) is 31.6 Å². The Kier molecular flexibility index (Phi) is 11.6. The monoisotopic (exact) mass is 617 g/mol. The first-order valence-electron chi connectivity index (χ1n) is 12.3. The van der Waals surface area contributed by atoms with E-state index in [2.05, 4.69) is 6.92 Å². The van der Waals surface area contributed by atoms with E-state index >= 15 is 0 Å². The van der Waals surface area contributed by atoms with Gasteiger partial charge in [0.15, 0.2) is 0 Å². The molecule has 2 heterocycles. The van der Waals surface area contributed by atoms with Crippen molar-refractivity contribution in [2.75, 3.05) is 18.1 Å². The Morgan fingerprint density at radius 3 is 2.50 bits per heavy atom. The van der Waals surface area contributed by atoms with Gasteiger partial charge in [-0.3, -0.25) is 9.59 Å². The molecular weight excluding hydrogens is 577 g/mol. The molecule has 2 aliphatic rings. The Bertz CT molecular complexity index is 942. The molecule has 0 spiro atoms. The van der Waals surface area contributed by atoms with Crippen molar-refractivity contribution in [1.29, 1.82) is 0 Å². The molecule has 3 rings (SSSR count). The summed E-state index contributed by atoms with van der Waals surface area (Å²) in [5, 5.41) is 0. The number of fused-ring (bicyclic) bond motifs is 3. The van der Waals surface area contributed by atoms with Crippen LogP contribution in [0.2, 0.25) is 0 Å². The molecule has 1 unspecified atom stereocenters. The van der Waals surface area contributed by atoms with Crippen LogP contribution in [0.5, 0.6) is 0 Å². The van der Waals surface area contributed by atoms with Gasteiger partial charge < -0.3 is 25.1 Å². The van der Waals surface area contributed by atoms with E-state index in [1.807, 2.05) is 32.9 Å². The van der Waals surface area contributed by atoms with Crippen LogP contribution in [0.15, 0.2) is 12.1 Å². The molecule has 36 heavy (non-hydrogen) atoms. The number of amides is 3. The summed E-state index contributed by atoms with van der Waals surface area (Å²) in [6.07, 6.45) is 3.93. The van der Waals surface area contributed by atoms with Gasteiger partial charge in [-0.25, -0.2) is 4.79 Å². The number of carbonyl (C=O) groups is 4. The summed E-state index contributed by atoms with van der Waals surface area (Å²) in [4.78, 5) is 51.2. The zero-order valence-corrected chi connectivity index (χ0v) is 24.3. The number of hydrogen-bond donors (Lipinski definition) is 1. The van der Waals surface area contributed by atoms with E-state index in [4.69, 9.17) is 13.5 Å². The number of aldehydes is 1.